The van der Waals surface area contributed by atoms with E-state index < -0.39 is 0 Å². The smallest absolute Gasteiger partial charge is 0.173 e. The highest BCUT2D eigenvalue weighted by molar-refractivity contribution is 7.21. The zero-order valence-corrected chi connectivity index (χ0v) is 11.0. The van der Waals surface area contributed by atoms with E-state index in [1.165, 1.54) is 0 Å². The number of H-pyrrole nitrogens is 1. The molecule has 0 aliphatic heterocycles. The number of nitrogens with two attached hydrogens (primary N) is 1. The molecule has 1 aromatic carbocycles. The highest BCUT2D eigenvalue weighted by atomic mass is 32.1. The SMILES string of the molecule is CN(C)c1n[nH]c(-c2nc3ccccc3s2)c1N. The Hall–Kier alpha value is -2.08. The van der Waals surface area contributed by atoms with E-state index in [9.17, 15) is 0 Å². The Bertz CT molecular complexity index is 664. The number of nitrogens with zero attached hydrogens (tertiary/aromatic N) is 3. The molecule has 0 saturated heterocycles. The summed E-state index contributed by atoms with van der Waals surface area (Å²) in [5.41, 5.74) is 8.50. The highest BCUT2D eigenvalue weighted by Gasteiger charge is 2.16. The summed E-state index contributed by atoms with van der Waals surface area (Å²) in [4.78, 5) is 6.44. The van der Waals surface area contributed by atoms with Crippen LogP contribution in [0.25, 0.3) is 20.9 Å². The number of hydrogen-bond acceptors (Lipinski definition) is 5. The van der Waals surface area contributed by atoms with Crippen LogP contribution in [0, 0.1) is 0 Å². The lowest BCUT2D eigenvalue weighted by Crippen LogP contribution is -2.10. The van der Waals surface area contributed by atoms with Crippen molar-refractivity contribution >= 4 is 33.1 Å². The largest absolute Gasteiger partial charge is 0.394 e. The number of rotatable bonds is 2. The lowest BCUT2D eigenvalue weighted by atomic mass is 10.3. The van der Waals surface area contributed by atoms with Gasteiger partial charge in [0.25, 0.3) is 0 Å². The fourth-order valence-corrected chi connectivity index (χ4v) is 2.80. The van der Waals surface area contributed by atoms with Crippen molar-refractivity contribution in [1.82, 2.24) is 15.2 Å². The molecule has 0 amide bonds. The minimum absolute atomic E-state index is 0.638. The Morgan fingerprint density at radius 3 is 2.72 bits per heavy atom. The van der Waals surface area contributed by atoms with Crippen LogP contribution in [0.2, 0.25) is 0 Å². The van der Waals surface area contributed by atoms with E-state index in [0.29, 0.717) is 5.69 Å². The van der Waals surface area contributed by atoms with Crippen molar-refractivity contribution in [2.45, 2.75) is 0 Å². The molecule has 0 bridgehead atoms. The quantitative estimate of drug-likeness (QED) is 0.741. The van der Waals surface area contributed by atoms with Crippen LogP contribution in [0.4, 0.5) is 11.5 Å². The Kier molecular flexibility index (Phi) is 2.45. The average Bonchev–Trinajstić information content (AvgIpc) is 2.91. The summed E-state index contributed by atoms with van der Waals surface area (Å²) in [6.45, 7) is 0. The fourth-order valence-electron chi connectivity index (χ4n) is 1.82. The van der Waals surface area contributed by atoms with Crippen molar-refractivity contribution in [2.24, 2.45) is 0 Å². The maximum Gasteiger partial charge on any atom is 0.173 e. The summed E-state index contributed by atoms with van der Waals surface area (Å²) in [6, 6.07) is 8.03. The summed E-state index contributed by atoms with van der Waals surface area (Å²) in [5, 5.41) is 8.04. The van der Waals surface area contributed by atoms with Gasteiger partial charge in [0.15, 0.2) is 5.82 Å². The summed E-state index contributed by atoms with van der Waals surface area (Å²) in [5.74, 6) is 0.740. The van der Waals surface area contributed by atoms with Crippen molar-refractivity contribution in [1.29, 1.82) is 0 Å². The van der Waals surface area contributed by atoms with Crippen LogP contribution in [0.1, 0.15) is 0 Å². The molecule has 0 aliphatic carbocycles. The van der Waals surface area contributed by atoms with Crippen LogP contribution in [0.15, 0.2) is 24.3 Å². The van der Waals surface area contributed by atoms with Gasteiger partial charge in [-0.1, -0.05) is 12.1 Å². The molecule has 0 saturated carbocycles. The number of fused-ring (bicyclic) bond motifs is 1. The van der Waals surface area contributed by atoms with Gasteiger partial charge in [0.2, 0.25) is 0 Å². The summed E-state index contributed by atoms with van der Waals surface area (Å²) >= 11 is 1.61. The van der Waals surface area contributed by atoms with Gasteiger partial charge in [-0.05, 0) is 12.1 Å². The van der Waals surface area contributed by atoms with Gasteiger partial charge < -0.3 is 10.6 Å². The molecule has 3 aromatic rings. The normalized spacial score (nSPS) is 11.0. The Labute approximate surface area is 108 Å². The molecule has 3 rings (SSSR count). The summed E-state index contributed by atoms with van der Waals surface area (Å²) in [6.07, 6.45) is 0. The Morgan fingerprint density at radius 2 is 2.06 bits per heavy atom. The van der Waals surface area contributed by atoms with Gasteiger partial charge in [-0.15, -0.1) is 11.3 Å². The molecule has 0 unspecified atom stereocenters. The van der Waals surface area contributed by atoms with E-state index in [1.54, 1.807) is 11.3 Å². The van der Waals surface area contributed by atoms with E-state index in [2.05, 4.69) is 21.2 Å². The second-order valence-electron chi connectivity index (χ2n) is 4.22. The first kappa shape index (κ1) is 11.0. The molecule has 2 aromatic heterocycles. The first-order chi connectivity index (χ1) is 8.66. The van der Waals surface area contributed by atoms with Crippen LogP contribution in [0.3, 0.4) is 0 Å². The number of aromatic nitrogens is 3. The number of aromatic amines is 1. The number of hydrogen-bond donors (Lipinski definition) is 2. The third-order valence-corrected chi connectivity index (χ3v) is 3.77. The third kappa shape index (κ3) is 1.62. The van der Waals surface area contributed by atoms with Gasteiger partial charge in [-0.2, -0.15) is 5.10 Å². The van der Waals surface area contributed by atoms with Crippen LogP contribution in [-0.4, -0.2) is 29.3 Å². The first-order valence-corrected chi connectivity index (χ1v) is 6.35. The number of nitrogen functional groups attached to an aromatic ring is 1. The molecule has 92 valence electrons. The molecular formula is C12H13N5S. The first-order valence-electron chi connectivity index (χ1n) is 5.54. The van der Waals surface area contributed by atoms with Crippen LogP contribution in [-0.2, 0) is 0 Å². The minimum Gasteiger partial charge on any atom is -0.394 e. The number of nitrogens with one attached hydrogen (secondary N) is 1. The molecule has 18 heavy (non-hydrogen) atoms. The third-order valence-electron chi connectivity index (χ3n) is 2.72. The van der Waals surface area contributed by atoms with E-state index in [-0.39, 0.29) is 0 Å². The van der Waals surface area contributed by atoms with Crippen molar-refractivity contribution in [3.8, 4) is 10.7 Å². The second kappa shape index (κ2) is 3.99. The second-order valence-corrected chi connectivity index (χ2v) is 5.25. The molecule has 0 spiro atoms. The van der Waals surface area contributed by atoms with Crippen LogP contribution < -0.4 is 10.6 Å². The van der Waals surface area contributed by atoms with Crippen molar-refractivity contribution in [3.05, 3.63) is 24.3 Å². The molecule has 3 N–H and O–H groups in total. The standard InChI is InChI=1S/C12H13N5S/c1-17(2)11-9(13)10(15-16-11)12-14-7-5-3-4-6-8(7)18-12/h3-6H,13H2,1-2H3,(H,15,16). The molecule has 2 heterocycles. The monoisotopic (exact) mass is 259 g/mol. The fraction of sp³-hybridized carbons (Fsp3) is 0.167. The molecular weight excluding hydrogens is 246 g/mol. The average molecular weight is 259 g/mol. The molecule has 0 radical (unpaired) electrons. The van der Waals surface area contributed by atoms with Gasteiger partial charge in [-0.25, -0.2) is 4.98 Å². The van der Waals surface area contributed by atoms with Crippen LogP contribution >= 0.6 is 11.3 Å². The number of anilines is 2. The van der Waals surface area contributed by atoms with Gasteiger partial charge in [0, 0.05) is 14.1 Å². The molecule has 0 atom stereocenters. The lowest BCUT2D eigenvalue weighted by molar-refractivity contribution is 1.01. The Morgan fingerprint density at radius 1 is 1.28 bits per heavy atom. The summed E-state index contributed by atoms with van der Waals surface area (Å²) in [7, 11) is 3.82. The van der Waals surface area contributed by atoms with Crippen molar-refractivity contribution < 1.29 is 0 Å². The summed E-state index contributed by atoms with van der Waals surface area (Å²) < 4.78 is 1.15. The molecule has 5 nitrogen and oxygen atoms in total. The van der Waals surface area contributed by atoms with Gasteiger partial charge >= 0.3 is 0 Å². The van der Waals surface area contributed by atoms with Gasteiger partial charge in [0.05, 0.1) is 10.2 Å². The number of thiazole rings is 1. The van der Waals surface area contributed by atoms with Gasteiger partial charge in [0.1, 0.15) is 16.4 Å². The predicted molar refractivity (Wildman–Crippen MR) is 75.9 cm³/mol. The Balaban J connectivity index is 2.14. The maximum atomic E-state index is 6.09. The van der Waals surface area contributed by atoms with Crippen LogP contribution in [0.5, 0.6) is 0 Å². The topological polar surface area (TPSA) is 70.8 Å². The lowest BCUT2D eigenvalue weighted by Gasteiger charge is -2.08. The molecule has 6 heteroatoms. The van der Waals surface area contributed by atoms with Crippen molar-refractivity contribution in [2.75, 3.05) is 24.7 Å². The molecule has 0 fully saturated rings. The van der Waals surface area contributed by atoms with Gasteiger partial charge in [-0.3, -0.25) is 5.10 Å². The predicted octanol–water partition coefficient (Wildman–Crippen LogP) is 2.33. The van der Waals surface area contributed by atoms with Crippen molar-refractivity contribution in [3.63, 3.8) is 0 Å². The minimum atomic E-state index is 0.638. The molecule has 0 aliphatic rings. The van der Waals surface area contributed by atoms with E-state index in [1.807, 2.05) is 37.2 Å². The van der Waals surface area contributed by atoms with E-state index in [4.69, 9.17) is 5.73 Å². The maximum absolute atomic E-state index is 6.09. The number of para-hydroxylation sites is 1. The zero-order valence-electron chi connectivity index (χ0n) is 10.1. The highest BCUT2D eigenvalue weighted by Crippen LogP contribution is 2.35. The zero-order chi connectivity index (χ0) is 12.7. The number of benzene rings is 1. The van der Waals surface area contributed by atoms with E-state index >= 15 is 0 Å². The van der Waals surface area contributed by atoms with E-state index in [0.717, 1.165) is 26.7 Å².